The standard InChI is InChI=1S/C22H20FN3O2S/c23-18-5-1-3-16(11-18)15-6-8-19(9-7-15)25-21(27)17-4-2-10-26(13-17)22(28)20-12-24-14-29-20/h1,3,5-9,11-12,14,17H,2,4,10,13H2,(H,25,27). The van der Waals surface area contributed by atoms with Gasteiger partial charge in [0, 0.05) is 18.8 Å². The number of nitrogens with one attached hydrogen (secondary N) is 1. The van der Waals surface area contributed by atoms with Gasteiger partial charge in [0.15, 0.2) is 0 Å². The number of hydrogen-bond acceptors (Lipinski definition) is 4. The summed E-state index contributed by atoms with van der Waals surface area (Å²) in [6, 6.07) is 13.7. The summed E-state index contributed by atoms with van der Waals surface area (Å²) in [7, 11) is 0. The van der Waals surface area contributed by atoms with E-state index in [1.807, 2.05) is 18.2 Å². The molecule has 3 aromatic rings. The third-order valence-corrected chi connectivity index (χ3v) is 5.79. The zero-order valence-corrected chi connectivity index (χ0v) is 16.5. The molecule has 29 heavy (non-hydrogen) atoms. The van der Waals surface area contributed by atoms with Crippen molar-refractivity contribution in [2.75, 3.05) is 18.4 Å². The smallest absolute Gasteiger partial charge is 0.265 e. The third kappa shape index (κ3) is 4.51. The van der Waals surface area contributed by atoms with Crippen molar-refractivity contribution < 1.29 is 14.0 Å². The van der Waals surface area contributed by atoms with Gasteiger partial charge in [0.2, 0.25) is 5.91 Å². The molecule has 1 unspecified atom stereocenters. The van der Waals surface area contributed by atoms with Crippen LogP contribution in [0.1, 0.15) is 22.5 Å². The van der Waals surface area contributed by atoms with Crippen molar-refractivity contribution in [2.45, 2.75) is 12.8 Å². The number of thiazole rings is 1. The van der Waals surface area contributed by atoms with Gasteiger partial charge in [-0.2, -0.15) is 0 Å². The quantitative estimate of drug-likeness (QED) is 0.693. The Hall–Kier alpha value is -3.06. The zero-order chi connectivity index (χ0) is 20.2. The molecule has 0 saturated carbocycles. The van der Waals surface area contributed by atoms with Gasteiger partial charge in [0.1, 0.15) is 10.7 Å². The molecule has 2 amide bonds. The monoisotopic (exact) mass is 409 g/mol. The highest BCUT2D eigenvalue weighted by Gasteiger charge is 2.29. The van der Waals surface area contributed by atoms with Gasteiger partial charge in [-0.05, 0) is 48.2 Å². The molecule has 1 N–H and O–H groups in total. The predicted molar refractivity (Wildman–Crippen MR) is 111 cm³/mol. The highest BCUT2D eigenvalue weighted by atomic mass is 32.1. The molecule has 1 aliphatic rings. The number of benzene rings is 2. The Kier molecular flexibility index (Phi) is 5.67. The van der Waals surface area contributed by atoms with E-state index < -0.39 is 0 Å². The predicted octanol–water partition coefficient (Wildman–Crippen LogP) is 4.44. The first-order chi connectivity index (χ1) is 14.1. The maximum absolute atomic E-state index is 13.4. The van der Waals surface area contributed by atoms with Crippen LogP contribution in [0.4, 0.5) is 10.1 Å². The normalized spacial score (nSPS) is 16.4. The van der Waals surface area contributed by atoms with E-state index in [1.165, 1.54) is 23.5 Å². The lowest BCUT2D eigenvalue weighted by Crippen LogP contribution is -2.43. The summed E-state index contributed by atoms with van der Waals surface area (Å²) in [6.45, 7) is 1.06. The fourth-order valence-electron chi connectivity index (χ4n) is 3.51. The van der Waals surface area contributed by atoms with Crippen molar-refractivity contribution in [3.05, 3.63) is 70.9 Å². The van der Waals surface area contributed by atoms with Crippen molar-refractivity contribution in [1.82, 2.24) is 9.88 Å². The number of anilines is 1. The lowest BCUT2D eigenvalue weighted by Gasteiger charge is -2.31. The van der Waals surface area contributed by atoms with Gasteiger partial charge in [-0.15, -0.1) is 11.3 Å². The molecule has 1 atom stereocenters. The Labute approximate surface area is 172 Å². The lowest BCUT2D eigenvalue weighted by atomic mass is 9.96. The minimum Gasteiger partial charge on any atom is -0.337 e. The van der Waals surface area contributed by atoms with E-state index in [0.29, 0.717) is 23.7 Å². The Morgan fingerprint density at radius 2 is 1.97 bits per heavy atom. The second kappa shape index (κ2) is 8.53. The molecule has 1 fully saturated rings. The summed E-state index contributed by atoms with van der Waals surface area (Å²) >= 11 is 1.31. The molecular formula is C22H20FN3O2S. The van der Waals surface area contributed by atoms with E-state index in [2.05, 4.69) is 10.3 Å². The van der Waals surface area contributed by atoms with Gasteiger partial charge < -0.3 is 10.2 Å². The van der Waals surface area contributed by atoms with Crippen LogP contribution in [-0.4, -0.2) is 34.8 Å². The second-order valence-corrected chi connectivity index (χ2v) is 7.92. The minimum absolute atomic E-state index is 0.0653. The van der Waals surface area contributed by atoms with Crippen molar-refractivity contribution in [3.63, 3.8) is 0 Å². The number of piperidine rings is 1. The van der Waals surface area contributed by atoms with Gasteiger partial charge in [-0.25, -0.2) is 4.39 Å². The maximum atomic E-state index is 13.4. The third-order valence-electron chi connectivity index (χ3n) is 5.03. The van der Waals surface area contributed by atoms with E-state index in [9.17, 15) is 14.0 Å². The summed E-state index contributed by atoms with van der Waals surface area (Å²) in [5, 5.41) is 2.94. The lowest BCUT2D eigenvalue weighted by molar-refractivity contribution is -0.121. The van der Waals surface area contributed by atoms with Gasteiger partial charge in [-0.3, -0.25) is 14.6 Å². The molecule has 7 heteroatoms. The van der Waals surface area contributed by atoms with E-state index in [4.69, 9.17) is 0 Å². The van der Waals surface area contributed by atoms with Gasteiger partial charge >= 0.3 is 0 Å². The Balaban J connectivity index is 1.39. The molecular weight excluding hydrogens is 389 g/mol. The summed E-state index contributed by atoms with van der Waals surface area (Å²) in [5.74, 6) is -0.687. The van der Waals surface area contributed by atoms with Crippen molar-refractivity contribution >= 4 is 28.8 Å². The zero-order valence-electron chi connectivity index (χ0n) is 15.7. The number of nitrogens with zero attached hydrogens (tertiary/aromatic N) is 2. The number of carbonyl (C=O) groups excluding carboxylic acids is 2. The molecule has 4 rings (SSSR count). The molecule has 0 bridgehead atoms. The maximum Gasteiger partial charge on any atom is 0.265 e. The Morgan fingerprint density at radius 1 is 1.14 bits per heavy atom. The summed E-state index contributed by atoms with van der Waals surface area (Å²) in [5.41, 5.74) is 3.98. The second-order valence-electron chi connectivity index (χ2n) is 7.03. The number of carbonyl (C=O) groups is 2. The molecule has 0 radical (unpaired) electrons. The largest absolute Gasteiger partial charge is 0.337 e. The number of amides is 2. The SMILES string of the molecule is O=C(Nc1ccc(-c2cccc(F)c2)cc1)C1CCCN(C(=O)c2cncs2)C1. The van der Waals surface area contributed by atoms with Crippen LogP contribution in [0.15, 0.2) is 60.2 Å². The fourth-order valence-corrected chi connectivity index (χ4v) is 4.10. The van der Waals surface area contributed by atoms with E-state index in [0.717, 1.165) is 24.0 Å². The van der Waals surface area contributed by atoms with Crippen molar-refractivity contribution in [2.24, 2.45) is 5.92 Å². The number of likely N-dealkylation sites (tertiary alicyclic amines) is 1. The number of hydrogen-bond donors (Lipinski definition) is 1. The molecule has 1 saturated heterocycles. The van der Waals surface area contributed by atoms with Crippen molar-refractivity contribution in [3.8, 4) is 11.1 Å². The Morgan fingerprint density at radius 3 is 2.69 bits per heavy atom. The van der Waals surface area contributed by atoms with Crippen LogP contribution >= 0.6 is 11.3 Å². The highest BCUT2D eigenvalue weighted by molar-refractivity contribution is 7.11. The molecule has 2 heterocycles. The van der Waals surface area contributed by atoms with Gasteiger partial charge in [0.05, 0.1) is 17.6 Å². The van der Waals surface area contributed by atoms with Gasteiger partial charge in [0.25, 0.3) is 5.91 Å². The van der Waals surface area contributed by atoms with E-state index in [1.54, 1.807) is 34.8 Å². The van der Waals surface area contributed by atoms with E-state index in [-0.39, 0.29) is 23.5 Å². The first kappa shape index (κ1) is 19.3. The molecule has 1 aromatic heterocycles. The van der Waals surface area contributed by atoms with Crippen LogP contribution in [0.5, 0.6) is 0 Å². The summed E-state index contributed by atoms with van der Waals surface area (Å²) in [4.78, 5) is 31.5. The number of halogens is 1. The minimum atomic E-state index is -0.283. The average molecular weight is 409 g/mol. The average Bonchev–Trinajstić information content (AvgIpc) is 3.29. The summed E-state index contributed by atoms with van der Waals surface area (Å²) in [6.07, 6.45) is 3.11. The first-order valence-corrected chi connectivity index (χ1v) is 10.3. The fraction of sp³-hybridized carbons (Fsp3) is 0.227. The number of rotatable bonds is 4. The Bertz CT molecular complexity index is 1010. The van der Waals surface area contributed by atoms with Crippen LogP contribution in [0, 0.1) is 11.7 Å². The molecule has 0 spiro atoms. The molecule has 148 valence electrons. The topological polar surface area (TPSA) is 62.3 Å². The van der Waals surface area contributed by atoms with Gasteiger partial charge in [-0.1, -0.05) is 24.3 Å². The van der Waals surface area contributed by atoms with E-state index >= 15 is 0 Å². The number of aromatic nitrogens is 1. The van der Waals surface area contributed by atoms with Crippen LogP contribution in [0.25, 0.3) is 11.1 Å². The van der Waals surface area contributed by atoms with Crippen LogP contribution in [0.2, 0.25) is 0 Å². The molecule has 1 aliphatic heterocycles. The van der Waals surface area contributed by atoms with Crippen LogP contribution in [-0.2, 0) is 4.79 Å². The van der Waals surface area contributed by atoms with Crippen LogP contribution in [0.3, 0.4) is 0 Å². The summed E-state index contributed by atoms with van der Waals surface area (Å²) < 4.78 is 13.4. The first-order valence-electron chi connectivity index (χ1n) is 9.45. The van der Waals surface area contributed by atoms with Crippen LogP contribution < -0.4 is 5.32 Å². The molecule has 2 aromatic carbocycles. The molecule has 5 nitrogen and oxygen atoms in total. The highest BCUT2D eigenvalue weighted by Crippen LogP contribution is 2.24. The molecule has 0 aliphatic carbocycles. The van der Waals surface area contributed by atoms with Crippen molar-refractivity contribution in [1.29, 1.82) is 0 Å².